The van der Waals surface area contributed by atoms with E-state index in [0.717, 1.165) is 36.2 Å². The number of carbonyl (C=O) groups is 2. The van der Waals surface area contributed by atoms with E-state index in [4.69, 9.17) is 4.98 Å². The Bertz CT molecular complexity index is 1260. The van der Waals surface area contributed by atoms with Gasteiger partial charge < -0.3 is 10.2 Å². The number of hydrogen-bond acceptors (Lipinski definition) is 4. The van der Waals surface area contributed by atoms with Crippen LogP contribution in [-0.4, -0.2) is 27.9 Å². The fraction of sp³-hybridized carbons (Fsp3) is 0.333. The molecule has 31 heavy (non-hydrogen) atoms. The summed E-state index contributed by atoms with van der Waals surface area (Å²) in [5.74, 6) is 0.582. The van der Waals surface area contributed by atoms with Gasteiger partial charge in [-0.2, -0.15) is 0 Å². The van der Waals surface area contributed by atoms with Crippen LogP contribution in [0, 0.1) is 0 Å². The van der Waals surface area contributed by atoms with Crippen molar-refractivity contribution in [2.24, 2.45) is 0 Å². The molecule has 2 amide bonds. The summed E-state index contributed by atoms with van der Waals surface area (Å²) >= 11 is 0. The van der Waals surface area contributed by atoms with Crippen LogP contribution in [0.5, 0.6) is 0 Å². The average molecular weight is 416 g/mol. The first-order valence-corrected chi connectivity index (χ1v) is 10.7. The molecule has 0 bridgehead atoms. The number of amides is 2. The van der Waals surface area contributed by atoms with Crippen LogP contribution in [0.4, 0.5) is 11.4 Å². The van der Waals surface area contributed by atoms with Gasteiger partial charge in [0.1, 0.15) is 5.82 Å². The van der Waals surface area contributed by atoms with Gasteiger partial charge in [0.05, 0.1) is 10.9 Å². The second-order valence-electron chi connectivity index (χ2n) is 8.26. The highest BCUT2D eigenvalue weighted by molar-refractivity contribution is 5.95. The van der Waals surface area contributed by atoms with Crippen LogP contribution in [0.2, 0.25) is 0 Å². The average Bonchev–Trinajstić information content (AvgIpc) is 3.50. The van der Waals surface area contributed by atoms with Gasteiger partial charge in [-0.15, -0.1) is 0 Å². The number of aryl methyl sites for hydroxylation is 1. The van der Waals surface area contributed by atoms with Crippen molar-refractivity contribution in [1.82, 2.24) is 9.55 Å². The number of hydrogen-bond donors (Lipinski definition) is 1. The monoisotopic (exact) mass is 416 g/mol. The van der Waals surface area contributed by atoms with Crippen LogP contribution in [0.25, 0.3) is 10.9 Å². The van der Waals surface area contributed by atoms with Crippen LogP contribution in [-0.2, 0) is 22.4 Å². The minimum atomic E-state index is -0.119. The lowest BCUT2D eigenvalue weighted by Crippen LogP contribution is -2.26. The summed E-state index contributed by atoms with van der Waals surface area (Å²) in [4.78, 5) is 43.7. The number of carbonyl (C=O) groups excluding carboxylic acids is 2. The molecule has 1 saturated carbocycles. The van der Waals surface area contributed by atoms with E-state index < -0.39 is 0 Å². The molecule has 7 nitrogen and oxygen atoms in total. The Morgan fingerprint density at radius 2 is 1.97 bits per heavy atom. The van der Waals surface area contributed by atoms with Crippen LogP contribution in [0.15, 0.2) is 47.3 Å². The van der Waals surface area contributed by atoms with Gasteiger partial charge in [0.2, 0.25) is 11.8 Å². The first kappa shape index (κ1) is 19.5. The van der Waals surface area contributed by atoms with Gasteiger partial charge in [0.25, 0.3) is 5.56 Å². The molecule has 0 saturated heterocycles. The molecule has 2 heterocycles. The largest absolute Gasteiger partial charge is 0.326 e. The molecule has 158 valence electrons. The van der Waals surface area contributed by atoms with E-state index in [2.05, 4.69) is 5.32 Å². The fourth-order valence-corrected chi connectivity index (χ4v) is 4.33. The highest BCUT2D eigenvalue weighted by Crippen LogP contribution is 2.35. The zero-order chi connectivity index (χ0) is 21.5. The van der Waals surface area contributed by atoms with Gasteiger partial charge in [-0.05, 0) is 55.2 Å². The Morgan fingerprint density at radius 3 is 2.74 bits per heavy atom. The van der Waals surface area contributed by atoms with Gasteiger partial charge in [-0.3, -0.25) is 19.0 Å². The summed E-state index contributed by atoms with van der Waals surface area (Å²) in [5, 5.41) is 3.57. The maximum Gasteiger partial charge on any atom is 0.261 e. The molecule has 2 aliphatic rings. The SMILES string of the molecule is CC(=O)N1CCc2cc(NC(=O)CCc3nc4ccccc4c(=O)n3C3CC3)ccc21. The highest BCUT2D eigenvalue weighted by atomic mass is 16.2. The number of anilines is 2. The molecule has 1 aliphatic heterocycles. The lowest BCUT2D eigenvalue weighted by molar-refractivity contribution is -0.117. The normalized spacial score (nSPS) is 15.2. The third kappa shape index (κ3) is 3.71. The van der Waals surface area contributed by atoms with E-state index in [-0.39, 0.29) is 29.8 Å². The van der Waals surface area contributed by atoms with Crippen LogP contribution < -0.4 is 15.8 Å². The fourth-order valence-electron chi connectivity index (χ4n) is 4.33. The first-order valence-electron chi connectivity index (χ1n) is 10.7. The predicted octanol–water partition coefficient (Wildman–Crippen LogP) is 3.21. The molecule has 0 spiro atoms. The summed E-state index contributed by atoms with van der Waals surface area (Å²) in [6.07, 6.45) is 3.39. The van der Waals surface area contributed by atoms with Crippen molar-refractivity contribution < 1.29 is 9.59 Å². The Morgan fingerprint density at radius 1 is 1.16 bits per heavy atom. The Labute approximate surface area is 179 Å². The van der Waals surface area contributed by atoms with Gasteiger partial charge in [0.15, 0.2) is 0 Å². The Hall–Kier alpha value is -3.48. The van der Waals surface area contributed by atoms with Crippen molar-refractivity contribution in [3.63, 3.8) is 0 Å². The van der Waals surface area contributed by atoms with Gasteiger partial charge >= 0.3 is 0 Å². The quantitative estimate of drug-likeness (QED) is 0.692. The molecule has 0 atom stereocenters. The van der Waals surface area contributed by atoms with Gasteiger partial charge in [0, 0.05) is 43.7 Å². The molecule has 1 fully saturated rings. The van der Waals surface area contributed by atoms with Crippen molar-refractivity contribution >= 4 is 34.1 Å². The third-order valence-electron chi connectivity index (χ3n) is 6.01. The third-order valence-corrected chi connectivity index (χ3v) is 6.01. The van der Waals surface area contributed by atoms with E-state index in [1.807, 2.05) is 36.4 Å². The lowest BCUT2D eigenvalue weighted by atomic mass is 10.1. The molecule has 1 aromatic heterocycles. The zero-order valence-corrected chi connectivity index (χ0v) is 17.4. The second kappa shape index (κ2) is 7.65. The van der Waals surface area contributed by atoms with E-state index in [1.54, 1.807) is 22.5 Å². The van der Waals surface area contributed by atoms with E-state index in [1.165, 1.54) is 0 Å². The molecular weight excluding hydrogens is 392 g/mol. The molecule has 7 heteroatoms. The Balaban J connectivity index is 1.31. The van der Waals surface area contributed by atoms with Crippen molar-refractivity contribution in [2.75, 3.05) is 16.8 Å². The molecular formula is C24H24N4O3. The smallest absolute Gasteiger partial charge is 0.261 e. The lowest BCUT2D eigenvalue weighted by Gasteiger charge is -2.15. The van der Waals surface area contributed by atoms with Crippen molar-refractivity contribution in [3.8, 4) is 0 Å². The summed E-state index contributed by atoms with van der Waals surface area (Å²) in [6, 6.07) is 13.2. The molecule has 1 N–H and O–H groups in total. The standard InChI is InChI=1S/C24H24N4O3/c1-15(29)27-13-12-16-14-17(6-9-21(16)27)25-23(30)11-10-22-26-20-5-3-2-4-19(20)24(31)28(22)18-7-8-18/h2-6,9,14,18H,7-8,10-13H2,1H3,(H,25,30). The molecule has 2 aromatic carbocycles. The van der Waals surface area contributed by atoms with Crippen molar-refractivity contribution in [1.29, 1.82) is 0 Å². The molecule has 0 unspecified atom stereocenters. The molecule has 0 radical (unpaired) electrons. The highest BCUT2D eigenvalue weighted by Gasteiger charge is 2.28. The number of para-hydroxylation sites is 1. The molecule has 5 rings (SSSR count). The maximum atomic E-state index is 12.9. The molecule has 1 aliphatic carbocycles. The van der Waals surface area contributed by atoms with E-state index >= 15 is 0 Å². The van der Waals surface area contributed by atoms with Crippen LogP contribution in [0.3, 0.4) is 0 Å². The van der Waals surface area contributed by atoms with E-state index in [9.17, 15) is 14.4 Å². The zero-order valence-electron chi connectivity index (χ0n) is 17.4. The van der Waals surface area contributed by atoms with Crippen LogP contribution in [0.1, 0.15) is 43.6 Å². The van der Waals surface area contributed by atoms with E-state index in [0.29, 0.717) is 29.7 Å². The summed E-state index contributed by atoms with van der Waals surface area (Å²) in [6.45, 7) is 2.24. The molecule has 3 aromatic rings. The Kier molecular flexibility index (Phi) is 4.81. The summed E-state index contributed by atoms with van der Waals surface area (Å²) in [5.41, 5.74) is 3.36. The summed E-state index contributed by atoms with van der Waals surface area (Å²) < 4.78 is 1.78. The minimum absolute atomic E-state index is 0.0165. The van der Waals surface area contributed by atoms with Crippen LogP contribution >= 0.6 is 0 Å². The maximum absolute atomic E-state index is 12.9. The first-order chi connectivity index (χ1) is 15.0. The minimum Gasteiger partial charge on any atom is -0.326 e. The number of rotatable bonds is 5. The van der Waals surface area contributed by atoms with Gasteiger partial charge in [-0.25, -0.2) is 4.98 Å². The topological polar surface area (TPSA) is 84.3 Å². The summed E-state index contributed by atoms with van der Waals surface area (Å²) in [7, 11) is 0. The number of aromatic nitrogens is 2. The predicted molar refractivity (Wildman–Crippen MR) is 119 cm³/mol. The van der Waals surface area contributed by atoms with Crippen molar-refractivity contribution in [3.05, 3.63) is 64.2 Å². The number of nitrogens with one attached hydrogen (secondary N) is 1. The number of nitrogens with zero attached hydrogens (tertiary/aromatic N) is 3. The van der Waals surface area contributed by atoms with Gasteiger partial charge in [-0.1, -0.05) is 12.1 Å². The number of fused-ring (bicyclic) bond motifs is 2. The number of benzene rings is 2. The van der Waals surface area contributed by atoms with Crippen molar-refractivity contribution in [2.45, 2.75) is 45.1 Å². The second-order valence-corrected chi connectivity index (χ2v) is 8.26.